The summed E-state index contributed by atoms with van der Waals surface area (Å²) < 4.78 is 14.8. The van der Waals surface area contributed by atoms with Gasteiger partial charge in [0.05, 0.1) is 39.7 Å². The lowest BCUT2D eigenvalue weighted by Gasteiger charge is -2.23. The number of allylic oxidation sites excluding steroid dienone is 4. The van der Waals surface area contributed by atoms with Crippen LogP contribution in [-0.2, 0) is 44.0 Å². The molecule has 10 nitrogen and oxygen atoms in total. The molecule has 332 valence electrons. The van der Waals surface area contributed by atoms with Crippen LogP contribution in [0.1, 0.15) is 52.6 Å². The number of amides is 3. The predicted octanol–water partition coefficient (Wildman–Crippen LogP) is 12.7. The molecule has 10 aromatic rings. The van der Waals surface area contributed by atoms with E-state index in [1.165, 1.54) is 21.2 Å². The standard InChI is InChI=1S/C31H29N3O3.C26H21N3O/c1-6-16-32-22-14-10-8-12-19(22)24-21-18-34(30(36)37-31(3,4)5)29(35)26(21)25-20-13-9-11-15-23(20)33(17-7-2)28(25)27(24)32;1-3-13-28-19-11-7-5-9-16(19)21-18-15-27-26(30)23(18)22-17-10-6-8-12-20(17)29(14-4-2)25(22)24(21)28/h6-15H,1-2,16-18H2,3-5H3;3-12H,1-2,13-15H2,(H,27,30). The number of ether oxygens (including phenoxy) is 1. The minimum absolute atomic E-state index is 0.0129. The molecule has 0 unspecified atom stereocenters. The fraction of sp³-hybridized carbons (Fsp3) is 0.175. The largest absolute Gasteiger partial charge is 0.443 e. The molecule has 67 heavy (non-hydrogen) atoms. The number of aromatic nitrogens is 4. The molecule has 0 fully saturated rings. The van der Waals surface area contributed by atoms with Gasteiger partial charge in [-0.3, -0.25) is 9.59 Å². The minimum atomic E-state index is -0.712. The number of imide groups is 1. The van der Waals surface area contributed by atoms with Gasteiger partial charge in [0.25, 0.3) is 11.8 Å². The van der Waals surface area contributed by atoms with E-state index in [0.29, 0.717) is 38.3 Å². The number of carbonyl (C=O) groups excluding carboxylic acids is 3. The molecule has 0 spiro atoms. The number of benzene rings is 6. The summed E-state index contributed by atoms with van der Waals surface area (Å²) in [6, 6.07) is 33.1. The van der Waals surface area contributed by atoms with Crippen molar-refractivity contribution in [3.8, 4) is 0 Å². The fourth-order valence-electron chi connectivity index (χ4n) is 11.1. The van der Waals surface area contributed by atoms with Crippen LogP contribution in [0.4, 0.5) is 4.79 Å². The second-order valence-corrected chi connectivity index (χ2v) is 18.3. The molecule has 12 rings (SSSR count). The van der Waals surface area contributed by atoms with Crippen molar-refractivity contribution >= 4 is 105 Å². The highest BCUT2D eigenvalue weighted by atomic mass is 16.6. The van der Waals surface area contributed by atoms with E-state index in [1.54, 1.807) is 20.8 Å². The smallest absolute Gasteiger partial charge is 0.417 e. The first-order valence-electron chi connectivity index (χ1n) is 22.7. The topological polar surface area (TPSA) is 95.4 Å². The van der Waals surface area contributed by atoms with Crippen LogP contribution in [0.15, 0.2) is 148 Å². The van der Waals surface area contributed by atoms with Crippen molar-refractivity contribution in [3.05, 3.63) is 170 Å². The Balaban J connectivity index is 0.000000151. The van der Waals surface area contributed by atoms with Crippen molar-refractivity contribution in [1.29, 1.82) is 0 Å². The van der Waals surface area contributed by atoms with Crippen molar-refractivity contribution < 1.29 is 19.1 Å². The number of hydrogen-bond donors (Lipinski definition) is 1. The molecule has 0 atom stereocenters. The molecule has 2 aliphatic heterocycles. The Hall–Kier alpha value is -8.11. The molecule has 0 saturated carbocycles. The second-order valence-electron chi connectivity index (χ2n) is 18.3. The molecule has 6 aromatic carbocycles. The Morgan fingerprint density at radius 3 is 1.31 bits per heavy atom. The van der Waals surface area contributed by atoms with E-state index in [2.05, 4.69) is 111 Å². The lowest BCUT2D eigenvalue weighted by atomic mass is 9.97. The highest BCUT2D eigenvalue weighted by Crippen LogP contribution is 2.48. The van der Waals surface area contributed by atoms with E-state index in [4.69, 9.17) is 4.74 Å². The van der Waals surface area contributed by atoms with Gasteiger partial charge >= 0.3 is 6.09 Å². The maximum atomic E-state index is 14.0. The van der Waals surface area contributed by atoms with Crippen LogP contribution in [0.5, 0.6) is 0 Å². The molecule has 10 heteroatoms. The van der Waals surface area contributed by atoms with E-state index in [1.807, 2.05) is 60.7 Å². The van der Waals surface area contributed by atoms with E-state index in [-0.39, 0.29) is 18.4 Å². The van der Waals surface area contributed by atoms with Crippen molar-refractivity contribution in [1.82, 2.24) is 28.5 Å². The van der Waals surface area contributed by atoms with Gasteiger partial charge in [-0.1, -0.05) is 97.1 Å². The first-order valence-corrected chi connectivity index (χ1v) is 22.7. The van der Waals surface area contributed by atoms with Gasteiger partial charge in [-0.05, 0) is 56.2 Å². The van der Waals surface area contributed by atoms with Gasteiger partial charge in [0, 0.05) is 97.9 Å². The third-order valence-electron chi connectivity index (χ3n) is 13.3. The third-order valence-corrected chi connectivity index (χ3v) is 13.3. The van der Waals surface area contributed by atoms with Gasteiger partial charge in [0.15, 0.2) is 0 Å². The number of hydrogen-bond acceptors (Lipinski definition) is 4. The summed E-state index contributed by atoms with van der Waals surface area (Å²) in [6.45, 7) is 24.7. The van der Waals surface area contributed by atoms with Crippen LogP contribution < -0.4 is 5.32 Å². The molecule has 0 radical (unpaired) electrons. The van der Waals surface area contributed by atoms with Gasteiger partial charge in [0.1, 0.15) is 5.60 Å². The number of para-hydroxylation sites is 4. The highest BCUT2D eigenvalue weighted by Gasteiger charge is 2.40. The van der Waals surface area contributed by atoms with Crippen LogP contribution >= 0.6 is 0 Å². The Labute approximate surface area is 386 Å². The van der Waals surface area contributed by atoms with E-state index in [9.17, 15) is 14.4 Å². The summed E-state index contributed by atoms with van der Waals surface area (Å²) in [7, 11) is 0. The summed E-state index contributed by atoms with van der Waals surface area (Å²) in [5.41, 5.74) is 11.3. The Morgan fingerprint density at radius 2 is 0.910 bits per heavy atom. The van der Waals surface area contributed by atoms with Gasteiger partial charge in [-0.2, -0.15) is 0 Å². The van der Waals surface area contributed by atoms with Crippen molar-refractivity contribution in [2.24, 2.45) is 0 Å². The van der Waals surface area contributed by atoms with E-state index >= 15 is 0 Å². The summed E-state index contributed by atoms with van der Waals surface area (Å²) in [4.78, 5) is 41.5. The highest BCUT2D eigenvalue weighted by molar-refractivity contribution is 6.33. The molecule has 0 aliphatic carbocycles. The summed E-state index contributed by atoms with van der Waals surface area (Å²) in [5, 5.41) is 11.5. The number of nitrogens with one attached hydrogen (secondary N) is 1. The summed E-state index contributed by atoms with van der Waals surface area (Å²) in [6.07, 6.45) is 7.00. The molecule has 0 saturated heterocycles. The zero-order valence-electron chi connectivity index (χ0n) is 38.0. The lowest BCUT2D eigenvalue weighted by molar-refractivity contribution is 0.0248. The van der Waals surface area contributed by atoms with Gasteiger partial charge in [-0.25, -0.2) is 9.69 Å². The molecule has 4 aromatic heterocycles. The molecule has 1 N–H and O–H groups in total. The van der Waals surface area contributed by atoms with Crippen molar-refractivity contribution in [2.75, 3.05) is 0 Å². The number of fused-ring (bicyclic) bond motifs is 20. The Morgan fingerprint density at radius 1 is 0.552 bits per heavy atom. The van der Waals surface area contributed by atoms with Crippen LogP contribution in [0.2, 0.25) is 0 Å². The first kappa shape index (κ1) is 41.6. The third kappa shape index (κ3) is 5.98. The molecule has 0 bridgehead atoms. The van der Waals surface area contributed by atoms with Gasteiger partial charge in [-0.15, -0.1) is 26.3 Å². The zero-order valence-corrected chi connectivity index (χ0v) is 38.0. The number of carbonyl (C=O) groups is 3. The van der Waals surface area contributed by atoms with E-state index in [0.717, 1.165) is 87.6 Å². The van der Waals surface area contributed by atoms with Crippen LogP contribution in [0.25, 0.3) is 87.2 Å². The maximum Gasteiger partial charge on any atom is 0.417 e. The maximum absolute atomic E-state index is 14.0. The van der Waals surface area contributed by atoms with Crippen molar-refractivity contribution in [2.45, 2.75) is 65.6 Å². The lowest BCUT2D eigenvalue weighted by Crippen LogP contribution is -2.36. The molecular weight excluding hydrogens is 833 g/mol. The van der Waals surface area contributed by atoms with Crippen molar-refractivity contribution in [3.63, 3.8) is 0 Å². The average molecular weight is 883 g/mol. The van der Waals surface area contributed by atoms with Crippen LogP contribution in [0, 0.1) is 0 Å². The fourth-order valence-corrected chi connectivity index (χ4v) is 11.1. The second kappa shape index (κ2) is 15.5. The molecule has 6 heterocycles. The van der Waals surface area contributed by atoms with Crippen LogP contribution in [0.3, 0.4) is 0 Å². The Kier molecular flexibility index (Phi) is 9.63. The monoisotopic (exact) mass is 882 g/mol. The minimum Gasteiger partial charge on any atom is -0.443 e. The average Bonchev–Trinajstić information content (AvgIpc) is 4.16. The number of nitrogens with zero attached hydrogens (tertiary/aromatic N) is 5. The zero-order chi connectivity index (χ0) is 46.5. The van der Waals surface area contributed by atoms with Gasteiger partial charge in [0.2, 0.25) is 0 Å². The van der Waals surface area contributed by atoms with Gasteiger partial charge < -0.3 is 28.3 Å². The summed E-state index contributed by atoms with van der Waals surface area (Å²) in [5.74, 6) is -0.308. The molecular formula is C57H50N6O4. The quantitative estimate of drug-likeness (QED) is 0.154. The Bertz CT molecular complexity index is 3840. The van der Waals surface area contributed by atoms with E-state index < -0.39 is 11.7 Å². The first-order chi connectivity index (χ1) is 32.5. The molecule has 3 amide bonds. The molecule has 2 aliphatic rings. The predicted molar refractivity (Wildman–Crippen MR) is 273 cm³/mol. The SMILES string of the molecule is C=CCn1c2ccccc2c2c3c(c4c5ccccc5n(CC=C)c4c21)C(=O)N(C(=O)OC(C)(C)C)C3.C=CCn1c2ccccc2c2c3c(c4c5ccccc5n(CC=C)c4c21)C(=O)NC3. The normalized spacial score (nSPS) is 13.6. The van der Waals surface area contributed by atoms with Crippen LogP contribution in [-0.4, -0.2) is 46.7 Å². The summed E-state index contributed by atoms with van der Waals surface area (Å²) >= 11 is 0. The number of rotatable bonds is 8.